The Kier molecular flexibility index (Phi) is 5.14. The van der Waals surface area contributed by atoms with Gasteiger partial charge < -0.3 is 19.1 Å². The van der Waals surface area contributed by atoms with Crippen molar-refractivity contribution in [1.29, 1.82) is 0 Å². The SMILES string of the molecule is COc1c(Cl)c(C(=O)N(C)C)c(Cl)c(OC)c1OC. The number of carbonyl (C=O) groups is 1. The van der Waals surface area contributed by atoms with Gasteiger partial charge in [0.25, 0.3) is 5.91 Å². The lowest BCUT2D eigenvalue weighted by Gasteiger charge is -2.20. The van der Waals surface area contributed by atoms with Crippen molar-refractivity contribution in [1.82, 2.24) is 4.90 Å². The van der Waals surface area contributed by atoms with Gasteiger partial charge in [-0.3, -0.25) is 4.79 Å². The highest BCUT2D eigenvalue weighted by molar-refractivity contribution is 6.42. The van der Waals surface area contributed by atoms with Crippen LogP contribution in [0.4, 0.5) is 0 Å². The maximum atomic E-state index is 12.1. The molecule has 0 saturated carbocycles. The molecule has 0 fully saturated rings. The smallest absolute Gasteiger partial charge is 0.256 e. The van der Waals surface area contributed by atoms with Gasteiger partial charge in [-0.05, 0) is 0 Å². The van der Waals surface area contributed by atoms with Crippen LogP contribution in [0.15, 0.2) is 0 Å². The molecule has 0 spiro atoms. The van der Waals surface area contributed by atoms with Crippen LogP contribution in [-0.2, 0) is 0 Å². The Balaban J connectivity index is 3.70. The first-order valence-electron chi connectivity index (χ1n) is 5.29. The quantitative estimate of drug-likeness (QED) is 0.858. The molecule has 1 aromatic carbocycles. The average Bonchev–Trinajstić information content (AvgIpc) is 2.37. The van der Waals surface area contributed by atoms with E-state index in [1.807, 2.05) is 0 Å². The fourth-order valence-electron chi connectivity index (χ4n) is 1.59. The molecular weight excluding hydrogens is 293 g/mol. The Morgan fingerprint density at radius 2 is 1.26 bits per heavy atom. The zero-order valence-corrected chi connectivity index (χ0v) is 12.8. The van der Waals surface area contributed by atoms with Gasteiger partial charge in [-0.1, -0.05) is 23.2 Å². The standard InChI is InChI=1S/C12H15Cl2NO4/c1-15(2)12(16)6-7(13)9(17-3)11(19-5)10(18-4)8(6)14/h1-5H3. The van der Waals surface area contributed by atoms with E-state index in [0.29, 0.717) is 0 Å². The number of benzene rings is 1. The fourth-order valence-corrected chi connectivity index (χ4v) is 2.31. The predicted molar refractivity (Wildman–Crippen MR) is 74.1 cm³/mol. The summed E-state index contributed by atoms with van der Waals surface area (Å²) in [5.74, 6) is 0.302. The van der Waals surface area contributed by atoms with Crippen LogP contribution in [0.25, 0.3) is 0 Å². The molecular formula is C12H15Cl2NO4. The second kappa shape index (κ2) is 6.21. The predicted octanol–water partition coefficient (Wildman–Crippen LogP) is 2.72. The maximum absolute atomic E-state index is 12.1. The van der Waals surface area contributed by atoms with Crippen molar-refractivity contribution < 1.29 is 19.0 Å². The Bertz CT molecular complexity index is 472. The molecule has 0 radical (unpaired) electrons. The molecule has 1 aromatic rings. The molecule has 0 heterocycles. The van der Waals surface area contributed by atoms with Crippen molar-refractivity contribution in [3.05, 3.63) is 15.6 Å². The van der Waals surface area contributed by atoms with Gasteiger partial charge in [-0.15, -0.1) is 0 Å². The summed E-state index contributed by atoms with van der Waals surface area (Å²) in [7, 11) is 7.46. The van der Waals surface area contributed by atoms with Crippen LogP contribution in [0.2, 0.25) is 10.0 Å². The lowest BCUT2D eigenvalue weighted by molar-refractivity contribution is 0.0827. The summed E-state index contributed by atoms with van der Waals surface area (Å²) in [5, 5.41) is 0.174. The number of hydrogen-bond acceptors (Lipinski definition) is 4. The molecule has 0 aliphatic heterocycles. The molecule has 0 N–H and O–H groups in total. The van der Waals surface area contributed by atoms with Crippen molar-refractivity contribution in [3.8, 4) is 17.2 Å². The number of rotatable bonds is 4. The van der Waals surface area contributed by atoms with Crippen molar-refractivity contribution in [2.45, 2.75) is 0 Å². The van der Waals surface area contributed by atoms with E-state index in [1.54, 1.807) is 14.1 Å². The van der Waals surface area contributed by atoms with Gasteiger partial charge in [0.15, 0.2) is 11.5 Å². The Morgan fingerprint density at radius 3 is 1.53 bits per heavy atom. The van der Waals surface area contributed by atoms with Gasteiger partial charge in [-0.2, -0.15) is 0 Å². The van der Waals surface area contributed by atoms with Crippen molar-refractivity contribution in [2.24, 2.45) is 0 Å². The van der Waals surface area contributed by atoms with Crippen molar-refractivity contribution >= 4 is 29.1 Å². The molecule has 0 bridgehead atoms. The van der Waals surface area contributed by atoms with Crippen LogP contribution in [0.3, 0.4) is 0 Å². The normalized spacial score (nSPS) is 10.1. The molecule has 0 unspecified atom stereocenters. The Hall–Kier alpha value is -1.33. The van der Waals surface area contributed by atoms with Crippen LogP contribution in [0, 0.1) is 0 Å². The fraction of sp³-hybridized carbons (Fsp3) is 0.417. The van der Waals surface area contributed by atoms with E-state index in [1.165, 1.54) is 26.2 Å². The average molecular weight is 308 g/mol. The molecule has 1 amide bonds. The first-order chi connectivity index (χ1) is 8.90. The lowest BCUT2D eigenvalue weighted by Crippen LogP contribution is -2.23. The van der Waals surface area contributed by atoms with Crippen LogP contribution in [-0.4, -0.2) is 46.2 Å². The minimum atomic E-state index is -0.353. The van der Waals surface area contributed by atoms with E-state index in [9.17, 15) is 4.79 Å². The summed E-state index contributed by atoms with van der Waals surface area (Å²) in [6, 6.07) is 0. The molecule has 5 nitrogen and oxygen atoms in total. The van der Waals surface area contributed by atoms with Gasteiger partial charge in [0.2, 0.25) is 5.75 Å². The van der Waals surface area contributed by atoms with E-state index in [2.05, 4.69) is 0 Å². The zero-order chi connectivity index (χ0) is 14.7. The van der Waals surface area contributed by atoms with Gasteiger partial charge in [0.1, 0.15) is 10.0 Å². The number of halogens is 2. The zero-order valence-electron chi connectivity index (χ0n) is 11.3. The molecule has 106 valence electrons. The molecule has 0 saturated heterocycles. The highest BCUT2D eigenvalue weighted by atomic mass is 35.5. The first-order valence-corrected chi connectivity index (χ1v) is 6.04. The van der Waals surface area contributed by atoms with Crippen LogP contribution < -0.4 is 14.2 Å². The van der Waals surface area contributed by atoms with Crippen LogP contribution in [0.1, 0.15) is 10.4 Å². The van der Waals surface area contributed by atoms with Crippen molar-refractivity contribution in [2.75, 3.05) is 35.4 Å². The first kappa shape index (κ1) is 15.7. The summed E-state index contributed by atoms with van der Waals surface area (Å²) in [5.41, 5.74) is 0.114. The molecule has 0 aromatic heterocycles. The Morgan fingerprint density at radius 1 is 0.895 bits per heavy atom. The summed E-state index contributed by atoms with van der Waals surface area (Å²) in [6.07, 6.45) is 0. The van der Waals surface area contributed by atoms with E-state index >= 15 is 0 Å². The minimum Gasteiger partial charge on any atom is -0.491 e. The lowest BCUT2D eigenvalue weighted by atomic mass is 10.1. The second-order valence-corrected chi connectivity index (χ2v) is 4.56. The monoisotopic (exact) mass is 307 g/mol. The summed E-state index contributed by atoms with van der Waals surface area (Å²) in [4.78, 5) is 13.5. The van der Waals surface area contributed by atoms with Crippen LogP contribution >= 0.6 is 23.2 Å². The molecule has 0 aliphatic rings. The van der Waals surface area contributed by atoms with E-state index < -0.39 is 0 Å². The highest BCUT2D eigenvalue weighted by Gasteiger charge is 2.29. The second-order valence-electron chi connectivity index (χ2n) is 3.80. The van der Waals surface area contributed by atoms with Crippen molar-refractivity contribution in [3.63, 3.8) is 0 Å². The number of carbonyl (C=O) groups excluding carboxylic acids is 1. The Labute approximate surface area is 121 Å². The summed E-state index contributed by atoms with van der Waals surface area (Å²) in [6.45, 7) is 0. The third-order valence-electron chi connectivity index (χ3n) is 2.48. The van der Waals surface area contributed by atoms with Gasteiger partial charge in [-0.25, -0.2) is 0 Å². The number of hydrogen-bond donors (Lipinski definition) is 0. The summed E-state index contributed by atoms with van der Waals surface area (Å²) >= 11 is 12.3. The molecule has 7 heteroatoms. The topological polar surface area (TPSA) is 48.0 Å². The molecule has 1 rings (SSSR count). The molecule has 0 aliphatic carbocycles. The van der Waals surface area contributed by atoms with E-state index in [0.717, 1.165) is 0 Å². The third-order valence-corrected chi connectivity index (χ3v) is 3.20. The van der Waals surface area contributed by atoms with E-state index in [4.69, 9.17) is 37.4 Å². The van der Waals surface area contributed by atoms with Gasteiger partial charge in [0.05, 0.1) is 26.9 Å². The van der Waals surface area contributed by atoms with Gasteiger partial charge >= 0.3 is 0 Å². The number of amides is 1. The maximum Gasteiger partial charge on any atom is 0.256 e. The number of ether oxygens (including phenoxy) is 3. The number of nitrogens with zero attached hydrogens (tertiary/aromatic N) is 1. The highest BCUT2D eigenvalue weighted by Crippen LogP contribution is 2.50. The largest absolute Gasteiger partial charge is 0.491 e. The molecule has 19 heavy (non-hydrogen) atoms. The van der Waals surface area contributed by atoms with Crippen LogP contribution in [0.5, 0.6) is 17.2 Å². The minimum absolute atomic E-state index is 0.0869. The number of methoxy groups -OCH3 is 3. The molecule has 0 atom stereocenters. The third kappa shape index (κ3) is 2.67. The van der Waals surface area contributed by atoms with E-state index in [-0.39, 0.29) is 38.8 Å². The van der Waals surface area contributed by atoms with Gasteiger partial charge in [0, 0.05) is 14.1 Å². The summed E-state index contributed by atoms with van der Waals surface area (Å²) < 4.78 is 15.5.